The van der Waals surface area contributed by atoms with Crippen molar-refractivity contribution in [2.24, 2.45) is 0 Å². The number of rotatable bonds is 7. The van der Waals surface area contributed by atoms with Gasteiger partial charge in [-0.2, -0.15) is 0 Å². The summed E-state index contributed by atoms with van der Waals surface area (Å²) in [6, 6.07) is 7.38. The molecule has 0 radical (unpaired) electrons. The highest BCUT2D eigenvalue weighted by Crippen LogP contribution is 2.32. The second-order valence-electron chi connectivity index (χ2n) is 7.68. The average molecular weight is 464 g/mol. The van der Waals surface area contributed by atoms with Gasteiger partial charge >= 0.3 is 6.16 Å². The molecule has 3 aromatic rings. The Kier molecular flexibility index (Phi) is 7.06. The van der Waals surface area contributed by atoms with Gasteiger partial charge in [-0.1, -0.05) is 23.7 Å². The molecule has 0 aliphatic carbocycles. The van der Waals surface area contributed by atoms with E-state index in [1.54, 1.807) is 31.2 Å². The smallest absolute Gasteiger partial charge is 0.489 e. The van der Waals surface area contributed by atoms with E-state index in [2.05, 4.69) is 4.74 Å². The van der Waals surface area contributed by atoms with E-state index in [0.29, 0.717) is 22.4 Å². The Labute approximate surface area is 188 Å². The van der Waals surface area contributed by atoms with Crippen LogP contribution in [0.2, 0.25) is 5.02 Å². The summed E-state index contributed by atoms with van der Waals surface area (Å²) in [5, 5.41) is 18.9. The first-order valence-corrected chi connectivity index (χ1v) is 10.3. The number of carbonyl (C=O) groups is 1. The molecule has 0 unspecified atom stereocenters. The molecule has 2 N–H and O–H groups in total. The van der Waals surface area contributed by atoms with E-state index >= 15 is 0 Å². The summed E-state index contributed by atoms with van der Waals surface area (Å²) in [7, 11) is 0. The molecule has 3 rings (SSSR count). The molecule has 7 nitrogen and oxygen atoms in total. The van der Waals surface area contributed by atoms with Crippen molar-refractivity contribution in [3.63, 3.8) is 0 Å². The fourth-order valence-corrected chi connectivity index (χ4v) is 3.63. The highest BCUT2D eigenvalue weighted by molar-refractivity contribution is 6.30. The molecule has 32 heavy (non-hydrogen) atoms. The molecule has 9 heteroatoms. The van der Waals surface area contributed by atoms with Crippen molar-refractivity contribution in [2.75, 3.05) is 6.61 Å². The molecule has 1 aromatic heterocycles. The van der Waals surface area contributed by atoms with Crippen LogP contribution < -0.4 is 14.9 Å². The van der Waals surface area contributed by atoms with Crippen LogP contribution in [-0.2, 0) is 6.42 Å². The second kappa shape index (κ2) is 9.58. The quantitative estimate of drug-likeness (QED) is 0.489. The van der Waals surface area contributed by atoms with Gasteiger partial charge in [-0.15, -0.1) is 0 Å². The molecular formula is C23H23ClFNO6. The lowest BCUT2D eigenvalue weighted by molar-refractivity contribution is 0.143. The number of aliphatic hydroxyl groups excluding tert-OH is 1. The van der Waals surface area contributed by atoms with Crippen molar-refractivity contribution in [1.82, 2.24) is 4.57 Å². The lowest BCUT2D eigenvalue weighted by atomic mass is 10.0. The summed E-state index contributed by atoms with van der Waals surface area (Å²) in [6.45, 7) is 5.05. The predicted octanol–water partition coefficient (Wildman–Crippen LogP) is 4.78. The molecule has 0 spiro atoms. The lowest BCUT2D eigenvalue weighted by Gasteiger charge is -2.22. The van der Waals surface area contributed by atoms with E-state index in [-0.39, 0.29) is 29.5 Å². The van der Waals surface area contributed by atoms with Crippen LogP contribution in [0.4, 0.5) is 9.18 Å². The van der Waals surface area contributed by atoms with Gasteiger partial charge in [0, 0.05) is 6.42 Å². The van der Waals surface area contributed by atoms with Gasteiger partial charge in [-0.05, 0) is 50.1 Å². The van der Waals surface area contributed by atoms with Gasteiger partial charge in [0.2, 0.25) is 5.43 Å². The SMILES string of the molecule is CC(C)Oc1cc(Cc2cccc(Cl)c2F)cc2c(=O)c(OC(=O)O)cn([C@@H](C)CO)c12. The second-order valence-corrected chi connectivity index (χ2v) is 8.08. The van der Waals surface area contributed by atoms with Crippen molar-refractivity contribution in [3.05, 3.63) is 68.7 Å². The first kappa shape index (κ1) is 23.6. The number of aliphatic hydroxyl groups is 1. The maximum atomic E-state index is 14.5. The Balaban J connectivity index is 2.31. The minimum absolute atomic E-state index is 0.0155. The standard InChI is InChI=1S/C23H23ClFNO6/c1-12(2)31-18-9-14(7-15-5-4-6-17(24)20(15)25)8-16-21(18)26(13(3)11-27)10-19(22(16)28)32-23(29)30/h4-6,8-10,12-13,27H,7,11H2,1-3H3,(H,29,30)/t13-/m0/s1. The summed E-state index contributed by atoms with van der Waals surface area (Å²) in [6.07, 6.45) is -0.529. The maximum absolute atomic E-state index is 14.5. The molecule has 0 aliphatic rings. The number of aromatic nitrogens is 1. The van der Waals surface area contributed by atoms with Crippen LogP contribution in [0.15, 0.2) is 41.3 Å². The Morgan fingerprint density at radius 2 is 1.94 bits per heavy atom. The molecule has 1 atom stereocenters. The van der Waals surface area contributed by atoms with E-state index in [1.165, 1.54) is 16.8 Å². The number of fused-ring (bicyclic) bond motifs is 1. The molecule has 170 valence electrons. The predicted molar refractivity (Wildman–Crippen MR) is 119 cm³/mol. The highest BCUT2D eigenvalue weighted by atomic mass is 35.5. The lowest BCUT2D eigenvalue weighted by Crippen LogP contribution is -2.20. The Hall–Kier alpha value is -3.10. The average Bonchev–Trinajstić information content (AvgIpc) is 2.72. The third-order valence-electron chi connectivity index (χ3n) is 4.84. The zero-order chi connectivity index (χ0) is 23.6. The number of nitrogens with zero attached hydrogens (tertiary/aromatic N) is 1. The number of halogens is 2. The molecule has 0 amide bonds. The van der Waals surface area contributed by atoms with Gasteiger partial charge in [0.1, 0.15) is 11.6 Å². The molecular weight excluding hydrogens is 441 g/mol. The summed E-state index contributed by atoms with van der Waals surface area (Å²) < 4.78 is 26.6. The van der Waals surface area contributed by atoms with Crippen molar-refractivity contribution in [2.45, 2.75) is 39.3 Å². The van der Waals surface area contributed by atoms with Crippen molar-refractivity contribution in [3.8, 4) is 11.5 Å². The Morgan fingerprint density at radius 1 is 1.22 bits per heavy atom. The van der Waals surface area contributed by atoms with Crippen LogP contribution in [0.1, 0.15) is 37.9 Å². The summed E-state index contributed by atoms with van der Waals surface area (Å²) >= 11 is 5.89. The summed E-state index contributed by atoms with van der Waals surface area (Å²) in [5.74, 6) is -0.629. The number of carboxylic acid groups (broad SMARTS) is 1. The largest absolute Gasteiger partial charge is 0.511 e. The van der Waals surface area contributed by atoms with Crippen molar-refractivity contribution >= 4 is 28.7 Å². The number of hydrogen-bond acceptors (Lipinski definition) is 5. The number of pyridine rings is 1. The molecule has 1 heterocycles. The van der Waals surface area contributed by atoms with Gasteiger partial charge < -0.3 is 24.3 Å². The van der Waals surface area contributed by atoms with Gasteiger partial charge in [-0.3, -0.25) is 4.79 Å². The Morgan fingerprint density at radius 3 is 2.56 bits per heavy atom. The van der Waals surface area contributed by atoms with E-state index < -0.39 is 29.2 Å². The fraction of sp³-hybridized carbons (Fsp3) is 0.304. The monoisotopic (exact) mass is 463 g/mol. The number of benzene rings is 2. The first-order chi connectivity index (χ1) is 15.1. The minimum atomic E-state index is -1.64. The van der Waals surface area contributed by atoms with Crippen LogP contribution in [-0.4, -0.2) is 33.6 Å². The van der Waals surface area contributed by atoms with Crippen molar-refractivity contribution < 1.29 is 28.9 Å². The van der Waals surface area contributed by atoms with Gasteiger partial charge in [0.15, 0.2) is 5.75 Å². The van der Waals surface area contributed by atoms with E-state index in [9.17, 15) is 19.1 Å². The van der Waals surface area contributed by atoms with Crippen LogP contribution in [0, 0.1) is 5.82 Å². The third-order valence-corrected chi connectivity index (χ3v) is 5.13. The molecule has 0 saturated heterocycles. The zero-order valence-corrected chi connectivity index (χ0v) is 18.5. The number of ether oxygens (including phenoxy) is 2. The van der Waals surface area contributed by atoms with E-state index in [4.69, 9.17) is 21.4 Å². The normalized spacial score (nSPS) is 12.2. The van der Waals surface area contributed by atoms with Crippen LogP contribution in [0.3, 0.4) is 0 Å². The summed E-state index contributed by atoms with van der Waals surface area (Å²) in [4.78, 5) is 24.2. The highest BCUT2D eigenvalue weighted by Gasteiger charge is 2.21. The topological polar surface area (TPSA) is 98.0 Å². The van der Waals surface area contributed by atoms with Crippen LogP contribution in [0.5, 0.6) is 11.5 Å². The number of hydrogen-bond donors (Lipinski definition) is 2. The molecule has 0 saturated carbocycles. The molecule has 0 aliphatic heterocycles. The van der Waals surface area contributed by atoms with Crippen LogP contribution >= 0.6 is 11.6 Å². The molecule has 0 fully saturated rings. The molecule has 0 bridgehead atoms. The summed E-state index contributed by atoms with van der Waals surface area (Å²) in [5.41, 5.74) is 0.598. The first-order valence-electron chi connectivity index (χ1n) is 9.95. The maximum Gasteiger partial charge on any atom is 0.511 e. The van der Waals surface area contributed by atoms with Gasteiger partial charge in [0.25, 0.3) is 0 Å². The van der Waals surface area contributed by atoms with Crippen LogP contribution in [0.25, 0.3) is 10.9 Å². The van der Waals surface area contributed by atoms with E-state index in [1.807, 2.05) is 13.8 Å². The third kappa shape index (κ3) is 4.87. The molecule has 2 aromatic carbocycles. The minimum Gasteiger partial charge on any atom is -0.489 e. The van der Waals surface area contributed by atoms with E-state index in [0.717, 1.165) is 0 Å². The zero-order valence-electron chi connectivity index (χ0n) is 17.8. The fourth-order valence-electron chi connectivity index (χ4n) is 3.44. The van der Waals surface area contributed by atoms with Gasteiger partial charge in [-0.25, -0.2) is 9.18 Å². The Bertz CT molecular complexity index is 1220. The van der Waals surface area contributed by atoms with Crippen molar-refractivity contribution in [1.29, 1.82) is 0 Å². The van der Waals surface area contributed by atoms with Gasteiger partial charge in [0.05, 0.1) is 40.9 Å².